The van der Waals surface area contributed by atoms with Gasteiger partial charge in [0.1, 0.15) is 5.82 Å². The summed E-state index contributed by atoms with van der Waals surface area (Å²) in [6.07, 6.45) is 1.16. The Bertz CT molecular complexity index is 384. The summed E-state index contributed by atoms with van der Waals surface area (Å²) in [6, 6.07) is 5.17. The van der Waals surface area contributed by atoms with E-state index < -0.39 is 0 Å². The predicted molar refractivity (Wildman–Crippen MR) is 61.6 cm³/mol. The standard InChI is InChI=1S/C13H16ClF/c1-8-6-9(4-5-11(8)15)12(14)10-7-13(10,2)3/h4-6,10,12H,7H2,1-3H3. The van der Waals surface area contributed by atoms with Gasteiger partial charge in [-0.05, 0) is 41.9 Å². The maximum absolute atomic E-state index is 13.1. The van der Waals surface area contributed by atoms with Gasteiger partial charge in [0.25, 0.3) is 0 Å². The average Bonchev–Trinajstić information content (AvgIpc) is 2.79. The predicted octanol–water partition coefficient (Wildman–Crippen LogP) is 4.46. The van der Waals surface area contributed by atoms with Crippen LogP contribution in [0, 0.1) is 24.1 Å². The quantitative estimate of drug-likeness (QED) is 0.654. The molecule has 1 aromatic rings. The second-order valence-electron chi connectivity index (χ2n) is 5.21. The molecule has 2 atom stereocenters. The van der Waals surface area contributed by atoms with Crippen molar-refractivity contribution < 1.29 is 4.39 Å². The number of hydrogen-bond donors (Lipinski definition) is 0. The van der Waals surface area contributed by atoms with Gasteiger partial charge in [-0.3, -0.25) is 0 Å². The van der Waals surface area contributed by atoms with Crippen molar-refractivity contribution in [1.82, 2.24) is 0 Å². The van der Waals surface area contributed by atoms with E-state index in [9.17, 15) is 4.39 Å². The first kappa shape index (κ1) is 10.9. The number of rotatable bonds is 2. The molecule has 0 aliphatic heterocycles. The van der Waals surface area contributed by atoms with Crippen molar-refractivity contribution in [2.24, 2.45) is 11.3 Å². The number of halogens is 2. The molecule has 0 spiro atoms. The Hall–Kier alpha value is -0.560. The Kier molecular flexibility index (Phi) is 2.54. The van der Waals surface area contributed by atoms with Crippen LogP contribution in [0.25, 0.3) is 0 Å². The topological polar surface area (TPSA) is 0 Å². The molecule has 1 aliphatic carbocycles. The first-order chi connectivity index (χ1) is 6.92. The summed E-state index contributed by atoms with van der Waals surface area (Å²) >= 11 is 6.39. The van der Waals surface area contributed by atoms with Crippen molar-refractivity contribution >= 4 is 11.6 Å². The highest BCUT2D eigenvalue weighted by atomic mass is 35.5. The lowest BCUT2D eigenvalue weighted by molar-refractivity contribution is 0.547. The van der Waals surface area contributed by atoms with Gasteiger partial charge in [0.15, 0.2) is 0 Å². The number of aryl methyl sites for hydroxylation is 1. The first-order valence-corrected chi connectivity index (χ1v) is 5.75. The summed E-state index contributed by atoms with van der Waals surface area (Å²) in [5, 5.41) is 0.0271. The molecule has 0 amide bonds. The largest absolute Gasteiger partial charge is 0.207 e. The zero-order valence-corrected chi connectivity index (χ0v) is 10.1. The summed E-state index contributed by atoms with van der Waals surface area (Å²) in [7, 11) is 0. The maximum atomic E-state index is 13.1. The zero-order chi connectivity index (χ0) is 11.2. The van der Waals surface area contributed by atoms with E-state index in [1.807, 2.05) is 6.07 Å². The third-order valence-corrected chi connectivity index (χ3v) is 4.00. The van der Waals surface area contributed by atoms with Crippen LogP contribution in [0.1, 0.15) is 36.8 Å². The molecule has 1 fully saturated rings. The van der Waals surface area contributed by atoms with Crippen LogP contribution in [-0.4, -0.2) is 0 Å². The Labute approximate surface area is 95.4 Å². The monoisotopic (exact) mass is 226 g/mol. The number of benzene rings is 1. The lowest BCUT2D eigenvalue weighted by Gasteiger charge is -2.12. The van der Waals surface area contributed by atoms with Gasteiger partial charge in [0, 0.05) is 0 Å². The highest BCUT2D eigenvalue weighted by Gasteiger charge is 2.49. The van der Waals surface area contributed by atoms with Gasteiger partial charge in [-0.1, -0.05) is 26.0 Å². The van der Waals surface area contributed by atoms with Crippen molar-refractivity contribution in [2.75, 3.05) is 0 Å². The fourth-order valence-electron chi connectivity index (χ4n) is 2.08. The van der Waals surface area contributed by atoms with Crippen LogP contribution in [0.4, 0.5) is 4.39 Å². The Morgan fingerprint density at radius 3 is 2.53 bits per heavy atom. The Morgan fingerprint density at radius 1 is 1.47 bits per heavy atom. The molecule has 2 unspecified atom stereocenters. The normalized spacial score (nSPS) is 25.0. The van der Waals surface area contributed by atoms with Crippen LogP contribution in [0.5, 0.6) is 0 Å². The van der Waals surface area contributed by atoms with E-state index in [4.69, 9.17) is 11.6 Å². The highest BCUT2D eigenvalue weighted by molar-refractivity contribution is 6.21. The van der Waals surface area contributed by atoms with Crippen LogP contribution in [0.15, 0.2) is 18.2 Å². The lowest BCUT2D eigenvalue weighted by atomic mass is 10.0. The molecule has 1 saturated carbocycles. The molecular formula is C13H16ClF. The van der Waals surface area contributed by atoms with Gasteiger partial charge in [0.2, 0.25) is 0 Å². The van der Waals surface area contributed by atoms with Gasteiger partial charge in [-0.25, -0.2) is 4.39 Å². The lowest BCUT2D eigenvalue weighted by Crippen LogP contribution is -2.00. The molecule has 0 bridgehead atoms. The third-order valence-electron chi connectivity index (χ3n) is 3.44. The van der Waals surface area contributed by atoms with E-state index in [2.05, 4.69) is 13.8 Å². The maximum Gasteiger partial charge on any atom is 0.126 e. The fraction of sp³-hybridized carbons (Fsp3) is 0.538. The summed E-state index contributed by atoms with van der Waals surface area (Å²) < 4.78 is 13.1. The molecule has 2 rings (SSSR count). The van der Waals surface area contributed by atoms with Crippen LogP contribution in [0.2, 0.25) is 0 Å². The van der Waals surface area contributed by atoms with Crippen molar-refractivity contribution in [1.29, 1.82) is 0 Å². The average molecular weight is 227 g/mol. The third kappa shape index (κ3) is 2.03. The van der Waals surface area contributed by atoms with Gasteiger partial charge in [-0.15, -0.1) is 11.6 Å². The van der Waals surface area contributed by atoms with Crippen molar-refractivity contribution in [3.63, 3.8) is 0 Å². The fourth-order valence-corrected chi connectivity index (χ4v) is 2.65. The van der Waals surface area contributed by atoms with E-state index in [1.165, 1.54) is 6.07 Å². The van der Waals surface area contributed by atoms with E-state index >= 15 is 0 Å². The van der Waals surface area contributed by atoms with Gasteiger partial charge >= 0.3 is 0 Å². The molecule has 1 aromatic carbocycles. The molecule has 2 heteroatoms. The van der Waals surface area contributed by atoms with Crippen LogP contribution in [-0.2, 0) is 0 Å². The smallest absolute Gasteiger partial charge is 0.126 e. The minimum absolute atomic E-state index is 0.0271. The zero-order valence-electron chi connectivity index (χ0n) is 9.35. The summed E-state index contributed by atoms with van der Waals surface area (Å²) in [5.74, 6) is 0.377. The van der Waals surface area contributed by atoms with E-state index in [-0.39, 0.29) is 11.2 Å². The summed E-state index contributed by atoms with van der Waals surface area (Å²) in [6.45, 7) is 6.23. The molecule has 0 heterocycles. The van der Waals surface area contributed by atoms with Gasteiger partial charge in [-0.2, -0.15) is 0 Å². The molecule has 0 saturated heterocycles. The van der Waals surface area contributed by atoms with Crippen LogP contribution in [0.3, 0.4) is 0 Å². The van der Waals surface area contributed by atoms with Crippen molar-refractivity contribution in [3.05, 3.63) is 35.1 Å². The molecule has 1 aliphatic rings. The Balaban J connectivity index is 2.20. The minimum Gasteiger partial charge on any atom is -0.207 e. The minimum atomic E-state index is -0.155. The van der Waals surface area contributed by atoms with E-state index in [1.54, 1.807) is 13.0 Å². The van der Waals surface area contributed by atoms with Crippen LogP contribution >= 0.6 is 11.6 Å². The van der Waals surface area contributed by atoms with E-state index in [0.717, 1.165) is 12.0 Å². The molecule has 0 aromatic heterocycles. The second-order valence-corrected chi connectivity index (χ2v) is 5.68. The molecular weight excluding hydrogens is 211 g/mol. The van der Waals surface area contributed by atoms with Crippen molar-refractivity contribution in [2.45, 2.75) is 32.6 Å². The van der Waals surface area contributed by atoms with Gasteiger partial charge in [0.05, 0.1) is 5.38 Å². The molecule has 0 radical (unpaired) electrons. The molecule has 15 heavy (non-hydrogen) atoms. The van der Waals surface area contributed by atoms with Crippen molar-refractivity contribution in [3.8, 4) is 0 Å². The van der Waals surface area contributed by atoms with Crippen LogP contribution < -0.4 is 0 Å². The highest BCUT2D eigenvalue weighted by Crippen LogP contribution is 2.59. The number of hydrogen-bond acceptors (Lipinski definition) is 0. The number of alkyl halides is 1. The SMILES string of the molecule is Cc1cc(C(Cl)C2CC2(C)C)ccc1F. The molecule has 0 N–H and O–H groups in total. The summed E-state index contributed by atoms with van der Waals surface area (Å²) in [4.78, 5) is 0. The second kappa shape index (κ2) is 3.48. The first-order valence-electron chi connectivity index (χ1n) is 5.32. The van der Waals surface area contributed by atoms with E-state index in [0.29, 0.717) is 16.9 Å². The Morgan fingerprint density at radius 2 is 2.07 bits per heavy atom. The molecule has 82 valence electrons. The summed E-state index contributed by atoms with van der Waals surface area (Å²) in [5.41, 5.74) is 2.08. The van der Waals surface area contributed by atoms with Gasteiger partial charge < -0.3 is 0 Å². The molecule has 0 nitrogen and oxygen atoms in total.